The molecule has 0 rings (SSSR count). The van der Waals surface area contributed by atoms with Crippen molar-refractivity contribution in [3.05, 3.63) is 12.3 Å². The van der Waals surface area contributed by atoms with Crippen LogP contribution in [0.5, 0.6) is 0 Å². The molecule has 1 unspecified atom stereocenters. The minimum absolute atomic E-state index is 0.432. The number of unbranched alkanes of at least 4 members (excludes halogenated alkanes) is 1. The molecule has 0 saturated heterocycles. The van der Waals surface area contributed by atoms with Crippen molar-refractivity contribution in [1.82, 2.24) is 4.90 Å². The van der Waals surface area contributed by atoms with Crippen LogP contribution in [0.2, 0.25) is 0 Å². The third kappa shape index (κ3) is 5.61. The van der Waals surface area contributed by atoms with Gasteiger partial charge in [0.05, 0.1) is 0 Å². The molecule has 0 spiro atoms. The first-order chi connectivity index (χ1) is 7.72. The zero-order valence-electron chi connectivity index (χ0n) is 13.1. The molecular weight excluding hydrogens is 206 g/mol. The van der Waals surface area contributed by atoms with Gasteiger partial charge in [-0.3, -0.25) is 0 Å². The zero-order chi connectivity index (χ0) is 13.6. The van der Waals surface area contributed by atoms with Crippen molar-refractivity contribution >= 4 is 0 Å². The van der Waals surface area contributed by atoms with E-state index < -0.39 is 0 Å². The molecule has 0 radical (unpaired) electrons. The molecule has 0 N–H and O–H groups in total. The lowest BCUT2D eigenvalue weighted by molar-refractivity contribution is 0.163. The SMILES string of the molecule is C=C(C(C)C)N(C)CC(C)C(C)(C)CCCC. The molecule has 0 heterocycles. The Morgan fingerprint density at radius 3 is 2.18 bits per heavy atom. The summed E-state index contributed by atoms with van der Waals surface area (Å²) in [5.41, 5.74) is 1.68. The average Bonchev–Trinajstić information content (AvgIpc) is 2.24. The van der Waals surface area contributed by atoms with Crippen LogP contribution in [-0.2, 0) is 0 Å². The third-order valence-electron chi connectivity index (χ3n) is 4.21. The summed E-state index contributed by atoms with van der Waals surface area (Å²) < 4.78 is 0. The van der Waals surface area contributed by atoms with E-state index in [1.807, 2.05) is 0 Å². The van der Waals surface area contributed by atoms with Gasteiger partial charge in [0.15, 0.2) is 0 Å². The summed E-state index contributed by atoms with van der Waals surface area (Å²) in [5.74, 6) is 1.25. The van der Waals surface area contributed by atoms with Crippen molar-refractivity contribution in [2.75, 3.05) is 13.6 Å². The van der Waals surface area contributed by atoms with Crippen LogP contribution in [0, 0.1) is 17.3 Å². The Labute approximate surface area is 109 Å². The number of rotatable bonds is 8. The Bertz CT molecular complexity index is 228. The fraction of sp³-hybridized carbons (Fsp3) is 0.875. The maximum atomic E-state index is 4.18. The van der Waals surface area contributed by atoms with E-state index in [1.54, 1.807) is 0 Å². The van der Waals surface area contributed by atoms with Crippen molar-refractivity contribution < 1.29 is 0 Å². The molecule has 0 aromatic rings. The predicted molar refractivity (Wildman–Crippen MR) is 79.1 cm³/mol. The Morgan fingerprint density at radius 2 is 1.76 bits per heavy atom. The van der Waals surface area contributed by atoms with E-state index in [-0.39, 0.29) is 0 Å². The highest BCUT2D eigenvalue weighted by Crippen LogP contribution is 2.33. The summed E-state index contributed by atoms with van der Waals surface area (Å²) in [5, 5.41) is 0. The van der Waals surface area contributed by atoms with Gasteiger partial charge in [-0.15, -0.1) is 0 Å². The number of hydrogen-bond acceptors (Lipinski definition) is 1. The van der Waals surface area contributed by atoms with Crippen LogP contribution in [0.15, 0.2) is 12.3 Å². The lowest BCUT2D eigenvalue weighted by Crippen LogP contribution is -2.33. The van der Waals surface area contributed by atoms with Gasteiger partial charge in [-0.2, -0.15) is 0 Å². The second-order valence-electron chi connectivity index (χ2n) is 6.52. The molecule has 17 heavy (non-hydrogen) atoms. The second-order valence-corrected chi connectivity index (χ2v) is 6.52. The maximum Gasteiger partial charge on any atom is 0.0202 e. The first-order valence-corrected chi connectivity index (χ1v) is 7.12. The topological polar surface area (TPSA) is 3.24 Å². The zero-order valence-corrected chi connectivity index (χ0v) is 13.1. The van der Waals surface area contributed by atoms with Crippen LogP contribution >= 0.6 is 0 Å². The maximum absolute atomic E-state index is 4.18. The summed E-state index contributed by atoms with van der Waals surface area (Å²) in [7, 11) is 2.18. The fourth-order valence-electron chi connectivity index (χ4n) is 2.09. The van der Waals surface area contributed by atoms with Gasteiger partial charge in [0.2, 0.25) is 0 Å². The summed E-state index contributed by atoms with van der Waals surface area (Å²) in [6, 6.07) is 0. The van der Waals surface area contributed by atoms with Crippen molar-refractivity contribution in [3.8, 4) is 0 Å². The van der Waals surface area contributed by atoms with Gasteiger partial charge in [-0.1, -0.05) is 61.0 Å². The molecule has 0 bridgehead atoms. The lowest BCUT2D eigenvalue weighted by Gasteiger charge is -2.36. The Hall–Kier alpha value is -0.460. The molecule has 1 nitrogen and oxygen atoms in total. The quantitative estimate of drug-likeness (QED) is 0.580. The minimum Gasteiger partial charge on any atom is -0.378 e. The van der Waals surface area contributed by atoms with E-state index in [2.05, 4.69) is 60.1 Å². The highest BCUT2D eigenvalue weighted by Gasteiger charge is 2.26. The first kappa shape index (κ1) is 16.5. The number of nitrogens with zero attached hydrogens (tertiary/aromatic N) is 1. The molecule has 1 heteroatoms. The van der Waals surface area contributed by atoms with Crippen LogP contribution in [0.1, 0.15) is 60.8 Å². The fourth-order valence-corrected chi connectivity index (χ4v) is 2.09. The van der Waals surface area contributed by atoms with E-state index in [9.17, 15) is 0 Å². The smallest absolute Gasteiger partial charge is 0.0202 e. The molecule has 0 aromatic heterocycles. The first-order valence-electron chi connectivity index (χ1n) is 7.12. The molecular formula is C16H33N. The Morgan fingerprint density at radius 1 is 1.24 bits per heavy atom. The van der Waals surface area contributed by atoms with Gasteiger partial charge < -0.3 is 4.90 Å². The normalized spacial score (nSPS) is 13.9. The average molecular weight is 239 g/mol. The summed E-state index contributed by atoms with van der Waals surface area (Å²) in [6.45, 7) is 19.2. The van der Waals surface area contributed by atoms with Gasteiger partial charge >= 0.3 is 0 Å². The monoisotopic (exact) mass is 239 g/mol. The summed E-state index contributed by atoms with van der Waals surface area (Å²) >= 11 is 0. The summed E-state index contributed by atoms with van der Waals surface area (Å²) in [4.78, 5) is 2.34. The van der Waals surface area contributed by atoms with Crippen LogP contribution in [0.4, 0.5) is 0 Å². The van der Waals surface area contributed by atoms with Crippen molar-refractivity contribution in [2.24, 2.45) is 17.3 Å². The lowest BCUT2D eigenvalue weighted by atomic mass is 9.76. The van der Waals surface area contributed by atoms with Gasteiger partial charge in [0, 0.05) is 19.3 Å². The second kappa shape index (κ2) is 7.08. The van der Waals surface area contributed by atoms with E-state index in [4.69, 9.17) is 0 Å². The highest BCUT2D eigenvalue weighted by atomic mass is 15.1. The predicted octanol–water partition coefficient (Wildman–Crippen LogP) is 4.94. The highest BCUT2D eigenvalue weighted by molar-refractivity contribution is 4.96. The molecule has 0 aromatic carbocycles. The molecule has 1 atom stereocenters. The van der Waals surface area contributed by atoms with Gasteiger partial charge in [-0.25, -0.2) is 0 Å². The van der Waals surface area contributed by atoms with Crippen LogP contribution in [0.3, 0.4) is 0 Å². The summed E-state index contributed by atoms with van der Waals surface area (Å²) in [6.07, 6.45) is 3.96. The van der Waals surface area contributed by atoms with Gasteiger partial charge in [0.25, 0.3) is 0 Å². The van der Waals surface area contributed by atoms with Gasteiger partial charge in [0.1, 0.15) is 0 Å². The van der Waals surface area contributed by atoms with Crippen molar-refractivity contribution in [2.45, 2.75) is 60.8 Å². The Kier molecular flexibility index (Phi) is 6.89. The van der Waals surface area contributed by atoms with Gasteiger partial charge in [-0.05, 0) is 23.7 Å². The molecule has 102 valence electrons. The minimum atomic E-state index is 0.432. The van der Waals surface area contributed by atoms with Crippen molar-refractivity contribution in [3.63, 3.8) is 0 Å². The molecule has 0 saturated carbocycles. The third-order valence-corrected chi connectivity index (χ3v) is 4.21. The van der Waals surface area contributed by atoms with E-state index >= 15 is 0 Å². The van der Waals surface area contributed by atoms with Crippen LogP contribution in [-0.4, -0.2) is 18.5 Å². The number of allylic oxidation sites excluding steroid dienone is 1. The standard InChI is InChI=1S/C16H33N/c1-9-10-11-16(6,7)14(4)12-17(8)15(5)13(2)3/h13-14H,5,9-12H2,1-4,6-8H3. The van der Waals surface area contributed by atoms with E-state index in [1.165, 1.54) is 25.0 Å². The van der Waals surface area contributed by atoms with E-state index in [0.29, 0.717) is 17.3 Å². The number of hydrogen-bond donors (Lipinski definition) is 0. The molecule has 0 amide bonds. The molecule has 0 aliphatic carbocycles. The van der Waals surface area contributed by atoms with Crippen molar-refractivity contribution in [1.29, 1.82) is 0 Å². The van der Waals surface area contributed by atoms with Crippen LogP contribution in [0.25, 0.3) is 0 Å². The van der Waals surface area contributed by atoms with Crippen LogP contribution < -0.4 is 0 Å². The Balaban J connectivity index is 4.32. The van der Waals surface area contributed by atoms with E-state index in [0.717, 1.165) is 6.54 Å². The molecule has 0 fully saturated rings. The largest absolute Gasteiger partial charge is 0.378 e. The molecule has 0 aliphatic rings. The molecule has 0 aliphatic heterocycles.